The fourth-order valence-corrected chi connectivity index (χ4v) is 12.7. The van der Waals surface area contributed by atoms with Crippen LogP contribution < -0.4 is 41.3 Å². The first-order valence-corrected chi connectivity index (χ1v) is 31.9. The number of hydrogen-bond acceptors (Lipinski definition) is 18. The van der Waals surface area contributed by atoms with Gasteiger partial charge in [0.2, 0.25) is 23.6 Å². The van der Waals surface area contributed by atoms with Crippen molar-refractivity contribution in [3.8, 4) is 28.5 Å². The highest BCUT2D eigenvalue weighted by Gasteiger charge is 2.66. The molecule has 96 heavy (non-hydrogen) atoms. The number of carbonyl (C=O) groups excluding carboxylic acids is 6. The molecule has 1 saturated heterocycles. The van der Waals surface area contributed by atoms with Gasteiger partial charge in [0.1, 0.15) is 42.6 Å². The summed E-state index contributed by atoms with van der Waals surface area (Å²) in [6.07, 6.45) is 3.05. The van der Waals surface area contributed by atoms with Crippen molar-refractivity contribution in [2.45, 2.75) is 64.3 Å². The maximum atomic E-state index is 15.0. The number of primary amides is 1. The first kappa shape index (κ1) is 69.3. The minimum absolute atomic E-state index is 0.0475. The molecule has 3 aliphatic carbocycles. The maximum absolute atomic E-state index is 15.0. The number of nitrogens with two attached hydrogens (primary N) is 1. The third-order valence-electron chi connectivity index (χ3n) is 17.6. The SMILES string of the molecule is CCOC(=O)[C@@]1(Cc2ccc(OCc3ccnc(N4CCOCC4)c3)cc2)C[C@@H]1C(=O)NO.COC(=O)[C@]1(c2cccc(OCc3cccc(Br)c3)c2)C[C@H]1C(=O)NO.NC(=O)[C@@]1(Cc2ccc(OCc3cc(-c4ccc(Cl)cc4)nc4ccccc34)c(F)c2)C[C@@H]1C(=O)NO. The van der Waals surface area contributed by atoms with Gasteiger partial charge in [-0.15, -0.1) is 0 Å². The van der Waals surface area contributed by atoms with E-state index in [2.05, 4.69) is 25.8 Å². The first-order valence-electron chi connectivity index (χ1n) is 30.8. The maximum Gasteiger partial charge on any atom is 0.317 e. The van der Waals surface area contributed by atoms with E-state index >= 15 is 0 Å². The summed E-state index contributed by atoms with van der Waals surface area (Å²) < 4.78 is 49.0. The van der Waals surface area contributed by atoms with E-state index in [9.17, 15) is 33.2 Å². The molecule has 2 aromatic heterocycles. The third kappa shape index (κ3) is 16.0. The zero-order valence-electron chi connectivity index (χ0n) is 52.3. The number of methoxy groups -OCH3 is 1. The number of aromatic nitrogens is 2. The van der Waals surface area contributed by atoms with Crippen LogP contribution in [0.25, 0.3) is 22.2 Å². The lowest BCUT2D eigenvalue weighted by Crippen LogP contribution is -2.36. The standard InChI is InChI=1S/C28H23ClFN3O4.C24H29N3O6.C19H18BrNO5/c29-19-8-6-17(7-9-19)24-12-18(20-3-1-2-4-23(20)32-24)15-37-25-10-5-16(11-22(25)30)13-28(27(31)35)14-21(28)26(34)33-36;1-2-32-23(29)24(15-20(24)22(28)26-30)14-17-3-5-19(6-4-17)33-16-18-7-8-25-21(13-18)27-9-11-31-12-10-27;1-25-18(23)19(10-16(19)17(22)21-24)13-5-3-7-15(9-13)26-11-12-4-2-6-14(20)8-12/h1-12,21,36H,13-15H2,(H2,31,35)(H,33,34);3-8,13,20,30H,2,9-12,14-16H2,1H3,(H,26,28);2-9,16,24H,10-11H2,1H3,(H,21,22)/t21-,28+;20-,24+;16-,19-/m110/s1. The van der Waals surface area contributed by atoms with E-state index < -0.39 is 75.4 Å². The lowest BCUT2D eigenvalue weighted by atomic mass is 9.92. The normalized spacial score (nSPS) is 20.3. The molecule has 1 aliphatic heterocycles. The van der Waals surface area contributed by atoms with Crippen molar-refractivity contribution in [3.05, 3.63) is 213 Å². The van der Waals surface area contributed by atoms with Crippen LogP contribution in [0, 0.1) is 34.4 Å². The van der Waals surface area contributed by atoms with Gasteiger partial charge in [-0.1, -0.05) is 100 Å². The fraction of sp³-hybridized carbons (Fsp3) is 0.296. The van der Waals surface area contributed by atoms with Gasteiger partial charge in [-0.3, -0.25) is 44.4 Å². The Morgan fingerprint density at radius 3 is 1.99 bits per heavy atom. The Morgan fingerprint density at radius 2 is 1.31 bits per heavy atom. The quantitative estimate of drug-likeness (QED) is 0.0178. The molecule has 0 unspecified atom stereocenters. The van der Waals surface area contributed by atoms with Crippen LogP contribution in [0.15, 0.2) is 168 Å². The fourth-order valence-electron chi connectivity index (χ4n) is 12.1. The summed E-state index contributed by atoms with van der Waals surface area (Å²) in [4.78, 5) is 83.7. The highest BCUT2D eigenvalue weighted by molar-refractivity contribution is 9.10. The van der Waals surface area contributed by atoms with E-state index in [0.717, 1.165) is 67.8 Å². The third-order valence-corrected chi connectivity index (χ3v) is 18.3. The molecule has 8 N–H and O–H groups in total. The van der Waals surface area contributed by atoms with Crippen molar-refractivity contribution in [2.24, 2.45) is 34.3 Å². The van der Waals surface area contributed by atoms with Crippen molar-refractivity contribution in [2.75, 3.05) is 44.9 Å². The van der Waals surface area contributed by atoms with Gasteiger partial charge in [0.15, 0.2) is 11.6 Å². The zero-order chi connectivity index (χ0) is 68.2. The van der Waals surface area contributed by atoms with E-state index in [0.29, 0.717) is 66.9 Å². The monoisotopic (exact) mass is 1390 g/mol. The first-order chi connectivity index (χ1) is 46.4. The van der Waals surface area contributed by atoms with Crippen molar-refractivity contribution in [1.29, 1.82) is 0 Å². The zero-order valence-corrected chi connectivity index (χ0v) is 54.6. The number of pyridine rings is 2. The number of nitrogens with one attached hydrogen (secondary N) is 3. The number of hydroxylamine groups is 3. The number of amides is 4. The number of nitrogens with zero attached hydrogens (tertiary/aromatic N) is 3. The number of esters is 2. The lowest BCUT2D eigenvalue weighted by molar-refractivity contribution is -0.152. The Hall–Kier alpha value is -9.56. The van der Waals surface area contributed by atoms with Gasteiger partial charge in [-0.2, -0.15) is 0 Å². The summed E-state index contributed by atoms with van der Waals surface area (Å²) in [6, 6.07) is 47.6. The molecule has 4 fully saturated rings. The number of anilines is 1. The molecular weight excluding hydrogens is 1330 g/mol. The molecule has 6 atom stereocenters. The number of morpholine rings is 1. The number of rotatable bonds is 23. The largest absolute Gasteiger partial charge is 0.489 e. The minimum Gasteiger partial charge on any atom is -0.489 e. The molecule has 25 heteroatoms. The van der Waals surface area contributed by atoms with Crippen LogP contribution in [0.3, 0.4) is 0 Å². The number of fused-ring (bicyclic) bond motifs is 1. The minimum atomic E-state index is -1.14. The topological polar surface area (TPSA) is 310 Å². The molecule has 0 spiro atoms. The van der Waals surface area contributed by atoms with Crippen LogP contribution in [0.2, 0.25) is 5.02 Å². The summed E-state index contributed by atoms with van der Waals surface area (Å²) in [6.45, 7) is 5.91. The predicted octanol–water partition coefficient (Wildman–Crippen LogP) is 9.89. The van der Waals surface area contributed by atoms with Gasteiger partial charge in [0, 0.05) is 45.3 Å². The van der Waals surface area contributed by atoms with Crippen molar-refractivity contribution in [1.82, 2.24) is 26.4 Å². The Morgan fingerprint density at radius 1 is 0.667 bits per heavy atom. The van der Waals surface area contributed by atoms with Crippen LogP contribution in [0.5, 0.6) is 17.2 Å². The Bertz CT molecular complexity index is 4150. The van der Waals surface area contributed by atoms with Crippen LogP contribution >= 0.6 is 27.5 Å². The van der Waals surface area contributed by atoms with E-state index in [1.807, 2.05) is 103 Å². The van der Waals surface area contributed by atoms with Crippen LogP contribution in [-0.4, -0.2) is 101 Å². The highest BCUT2D eigenvalue weighted by atomic mass is 79.9. The molecule has 0 radical (unpaired) electrons. The van der Waals surface area contributed by atoms with Crippen molar-refractivity contribution < 1.29 is 77.2 Å². The highest BCUT2D eigenvalue weighted by Crippen LogP contribution is 2.57. The summed E-state index contributed by atoms with van der Waals surface area (Å²) in [5.74, 6) is -3.77. The van der Waals surface area contributed by atoms with E-state index in [4.69, 9.17) is 66.4 Å². The average molecular weight is 1400 g/mol. The van der Waals surface area contributed by atoms with Crippen molar-refractivity contribution in [3.63, 3.8) is 0 Å². The number of carbonyl (C=O) groups is 6. The summed E-state index contributed by atoms with van der Waals surface area (Å²) >= 11 is 9.44. The predicted molar refractivity (Wildman–Crippen MR) is 352 cm³/mol. The van der Waals surface area contributed by atoms with Crippen LogP contribution in [0.4, 0.5) is 10.2 Å². The summed E-state index contributed by atoms with van der Waals surface area (Å²) in [7, 11) is 1.28. The van der Waals surface area contributed by atoms with Gasteiger partial charge in [-0.05, 0) is 152 Å². The number of benzene rings is 6. The Labute approximate surface area is 565 Å². The smallest absolute Gasteiger partial charge is 0.317 e. The van der Waals surface area contributed by atoms with Crippen molar-refractivity contribution >= 4 is 79.8 Å². The molecule has 500 valence electrons. The van der Waals surface area contributed by atoms with Gasteiger partial charge < -0.3 is 39.1 Å². The van der Waals surface area contributed by atoms with Gasteiger partial charge in [0.05, 0.1) is 66.7 Å². The van der Waals surface area contributed by atoms with Gasteiger partial charge >= 0.3 is 11.9 Å². The van der Waals surface area contributed by atoms with E-state index in [1.54, 1.807) is 72.0 Å². The second kappa shape index (κ2) is 30.9. The molecule has 3 heterocycles. The molecular formula is C71H70BrClFN7O15. The molecule has 6 aromatic carbocycles. The summed E-state index contributed by atoms with van der Waals surface area (Å²) in [5, 5.41) is 28.2. The molecule has 8 aromatic rings. The van der Waals surface area contributed by atoms with Crippen LogP contribution in [0.1, 0.15) is 59.6 Å². The molecule has 4 aliphatic rings. The molecule has 12 rings (SSSR count). The summed E-state index contributed by atoms with van der Waals surface area (Å²) in [5.41, 5.74) is 14.5. The number of para-hydroxylation sites is 1. The molecule has 4 amide bonds. The Kier molecular flexibility index (Phi) is 22.3. The van der Waals surface area contributed by atoms with Gasteiger partial charge in [0.25, 0.3) is 0 Å². The molecule has 0 bridgehead atoms. The Balaban J connectivity index is 0.000000159. The molecule has 3 saturated carbocycles. The van der Waals surface area contributed by atoms with E-state index in [-0.39, 0.29) is 38.2 Å². The second-order valence-electron chi connectivity index (χ2n) is 23.7. The van der Waals surface area contributed by atoms with Gasteiger partial charge in [-0.25, -0.2) is 30.8 Å². The lowest BCUT2D eigenvalue weighted by Gasteiger charge is -2.28. The molecule has 22 nitrogen and oxygen atoms in total. The second-order valence-corrected chi connectivity index (χ2v) is 25.0. The number of ether oxygens (including phenoxy) is 6. The number of hydrogen-bond donors (Lipinski definition) is 7. The van der Waals surface area contributed by atoms with Crippen LogP contribution in [-0.2, 0) is 81.1 Å². The van der Waals surface area contributed by atoms with E-state index in [1.165, 1.54) is 19.2 Å². The number of halogens is 3. The average Bonchev–Trinajstić information content (AvgIpc) is 1.57.